The molecule has 10 heteroatoms. The van der Waals surface area contributed by atoms with Crippen molar-refractivity contribution in [2.24, 2.45) is 0 Å². The van der Waals surface area contributed by atoms with E-state index < -0.39 is 30.0 Å². The number of aldehydes is 1. The van der Waals surface area contributed by atoms with Crippen LogP contribution in [0.5, 0.6) is 0 Å². The predicted octanol–water partition coefficient (Wildman–Crippen LogP) is -2.89. The van der Waals surface area contributed by atoms with Crippen LogP contribution in [0.2, 0.25) is 0 Å². The third kappa shape index (κ3) is 4.14. The van der Waals surface area contributed by atoms with Crippen molar-refractivity contribution in [1.82, 2.24) is 0 Å². The number of benzene rings is 1. The second-order valence-corrected chi connectivity index (χ2v) is 5.55. The van der Waals surface area contributed by atoms with Gasteiger partial charge in [-0.05, 0) is 12.1 Å². The second-order valence-electron chi connectivity index (χ2n) is 2.77. The van der Waals surface area contributed by atoms with Crippen LogP contribution in [0.1, 0.15) is 11.8 Å². The summed E-state index contributed by atoms with van der Waals surface area (Å²) >= 11 is 0. The molecule has 0 bridgehead atoms. The van der Waals surface area contributed by atoms with Crippen molar-refractivity contribution in [2.45, 2.75) is 9.79 Å². The molecule has 0 fully saturated rings. The summed E-state index contributed by atoms with van der Waals surface area (Å²) in [5.74, 6) is 0. The Labute approximate surface area is 121 Å². The van der Waals surface area contributed by atoms with Gasteiger partial charge in [0, 0.05) is 5.56 Å². The van der Waals surface area contributed by atoms with Crippen LogP contribution in [0.15, 0.2) is 28.0 Å². The normalized spacial score (nSPS) is 11.6. The summed E-state index contributed by atoms with van der Waals surface area (Å²) in [5.41, 5.74) is -0.153. The molecule has 2 N–H and O–H groups in total. The maximum absolute atomic E-state index is 10.8. The summed E-state index contributed by atoms with van der Waals surface area (Å²) in [6.07, 6.45) is 0.266. The van der Waals surface area contributed by atoms with E-state index >= 15 is 0 Å². The zero-order chi connectivity index (χ0) is 12.6. The molecule has 0 amide bonds. The van der Waals surface area contributed by atoms with E-state index in [1.54, 1.807) is 0 Å². The first-order chi connectivity index (χ1) is 7.16. The van der Waals surface area contributed by atoms with Gasteiger partial charge >= 0.3 is 29.6 Å². The summed E-state index contributed by atoms with van der Waals surface area (Å²) in [7, 11) is -9.64. The number of carbonyl (C=O) groups excluding carboxylic acids is 1. The van der Waals surface area contributed by atoms with Gasteiger partial charge in [-0.25, -0.2) is 0 Å². The van der Waals surface area contributed by atoms with Gasteiger partial charge in [0.05, 0.1) is 0 Å². The van der Waals surface area contributed by atoms with Gasteiger partial charge in [-0.3, -0.25) is 13.9 Å². The van der Waals surface area contributed by atoms with Crippen LogP contribution in [0, 0.1) is 0 Å². The van der Waals surface area contributed by atoms with Crippen molar-refractivity contribution in [3.05, 3.63) is 23.8 Å². The average molecular weight is 290 g/mol. The molecule has 0 aromatic heterocycles. The van der Waals surface area contributed by atoms with Crippen LogP contribution < -0.4 is 29.6 Å². The van der Waals surface area contributed by atoms with Crippen molar-refractivity contribution in [3.63, 3.8) is 0 Å². The number of carbonyl (C=O) groups is 1. The van der Waals surface area contributed by atoms with Crippen molar-refractivity contribution in [1.29, 1.82) is 0 Å². The summed E-state index contributed by atoms with van der Waals surface area (Å²) in [6.45, 7) is 0. The topological polar surface area (TPSA) is 126 Å². The van der Waals surface area contributed by atoms with Crippen LogP contribution >= 0.6 is 0 Å². The van der Waals surface area contributed by atoms with E-state index in [0.717, 1.165) is 6.07 Å². The van der Waals surface area contributed by atoms with E-state index in [9.17, 15) is 21.6 Å². The van der Waals surface area contributed by atoms with Crippen molar-refractivity contribution < 1.29 is 61.7 Å². The van der Waals surface area contributed by atoms with E-state index in [1.807, 2.05) is 0 Å². The maximum Gasteiger partial charge on any atom is 1.00 e. The third-order valence-corrected chi connectivity index (χ3v) is 3.59. The largest absolute Gasteiger partial charge is 1.00 e. The Bertz CT molecular complexity index is 638. The Morgan fingerprint density at radius 2 is 1.47 bits per heavy atom. The van der Waals surface area contributed by atoms with Crippen LogP contribution in [-0.2, 0) is 20.2 Å². The molecule has 0 unspecified atom stereocenters. The Hall–Kier alpha value is -0.290. The Morgan fingerprint density at radius 3 is 1.82 bits per heavy atom. The predicted molar refractivity (Wildman–Crippen MR) is 52.6 cm³/mol. The van der Waals surface area contributed by atoms with Gasteiger partial charge in [0.2, 0.25) is 0 Å². The third-order valence-electron chi connectivity index (χ3n) is 1.66. The Balaban J connectivity index is 0. The summed E-state index contributed by atoms with van der Waals surface area (Å²) in [5, 5.41) is 0. The van der Waals surface area contributed by atoms with Crippen molar-refractivity contribution in [2.75, 3.05) is 0 Å². The Kier molecular flexibility index (Phi) is 5.47. The van der Waals surface area contributed by atoms with Gasteiger partial charge in [-0.1, -0.05) is 6.07 Å². The van der Waals surface area contributed by atoms with Crippen LogP contribution in [0.3, 0.4) is 0 Å². The van der Waals surface area contributed by atoms with Crippen LogP contribution in [0.4, 0.5) is 0 Å². The van der Waals surface area contributed by atoms with E-state index in [-0.39, 0.29) is 42.8 Å². The molecular weight excluding hydrogens is 283 g/mol. The van der Waals surface area contributed by atoms with Crippen molar-refractivity contribution in [3.8, 4) is 0 Å². The van der Waals surface area contributed by atoms with Gasteiger partial charge in [0.25, 0.3) is 20.2 Å². The monoisotopic (exact) mass is 290 g/mol. The molecule has 0 aliphatic rings. The molecule has 0 aliphatic heterocycles. The molecule has 7 nitrogen and oxygen atoms in total. The molecule has 0 spiro atoms. The zero-order valence-electron chi connectivity index (χ0n) is 9.56. The molecule has 1 aromatic rings. The fourth-order valence-corrected chi connectivity index (χ4v) is 2.80. The molecule has 0 saturated carbocycles. The molecule has 0 heterocycles. The number of hydrogen-bond acceptors (Lipinski definition) is 5. The van der Waals surface area contributed by atoms with Gasteiger partial charge in [-0.2, -0.15) is 16.8 Å². The average Bonchev–Trinajstić information content (AvgIpc) is 2.14. The summed E-state index contributed by atoms with van der Waals surface area (Å²) in [4.78, 5) is 8.33. The van der Waals surface area contributed by atoms with Gasteiger partial charge < -0.3 is 1.43 Å². The molecule has 0 radical (unpaired) electrons. The van der Waals surface area contributed by atoms with Gasteiger partial charge in [0.1, 0.15) is 16.1 Å². The van der Waals surface area contributed by atoms with Gasteiger partial charge in [0.15, 0.2) is 0 Å². The fraction of sp³-hybridized carbons (Fsp3) is 0. The van der Waals surface area contributed by atoms with E-state index in [1.165, 1.54) is 0 Å². The summed E-state index contributed by atoms with van der Waals surface area (Å²) in [6, 6.07) is 2.35. The molecule has 0 saturated heterocycles. The van der Waals surface area contributed by atoms with Crippen LogP contribution in [-0.4, -0.2) is 32.2 Å². The molecule has 0 aliphatic carbocycles. The van der Waals surface area contributed by atoms with E-state index in [2.05, 4.69) is 0 Å². The van der Waals surface area contributed by atoms with E-state index in [4.69, 9.17) is 9.11 Å². The standard InChI is InChI=1S/C7H6O7S2.Na.H/c8-4-5-1-2-6(15(9,10)11)7(3-5)16(12,13)14;;/h1-4H,(H,9,10,11)(H,12,13,14);;/q;+1;-1. The summed E-state index contributed by atoms with van der Waals surface area (Å²) < 4.78 is 60.7. The second kappa shape index (κ2) is 5.57. The Morgan fingerprint density at radius 1 is 1.00 bits per heavy atom. The maximum atomic E-state index is 10.8. The molecular formula is C7H7NaO7S2. The molecule has 0 atom stereocenters. The van der Waals surface area contributed by atoms with Crippen LogP contribution in [0.25, 0.3) is 0 Å². The minimum Gasteiger partial charge on any atom is -1.00 e. The molecule has 90 valence electrons. The SMILES string of the molecule is O=Cc1ccc(S(=O)(=O)O)c(S(=O)(=O)O)c1.[H-].[Na+]. The molecule has 1 aromatic carbocycles. The first kappa shape index (κ1) is 16.7. The number of rotatable bonds is 3. The molecule has 17 heavy (non-hydrogen) atoms. The first-order valence-corrected chi connectivity index (χ1v) is 6.58. The minimum absolute atomic E-state index is 0. The fourth-order valence-electron chi connectivity index (χ4n) is 1.01. The van der Waals surface area contributed by atoms with E-state index in [0.29, 0.717) is 12.1 Å². The van der Waals surface area contributed by atoms with Crippen molar-refractivity contribution >= 4 is 26.5 Å². The first-order valence-electron chi connectivity index (χ1n) is 3.70. The number of hydrogen-bond donors (Lipinski definition) is 2. The minimum atomic E-state index is -4.85. The molecule has 1 rings (SSSR count). The quantitative estimate of drug-likeness (QED) is 0.347. The smallest absolute Gasteiger partial charge is 1.00 e. The van der Waals surface area contributed by atoms with Gasteiger partial charge in [-0.15, -0.1) is 0 Å². The zero-order valence-corrected chi connectivity index (χ0v) is 12.2.